The Morgan fingerprint density at radius 2 is 2.20 bits per heavy atom. The van der Waals surface area contributed by atoms with E-state index in [9.17, 15) is 4.79 Å². The summed E-state index contributed by atoms with van der Waals surface area (Å²) in [6.07, 6.45) is 1.57. The van der Waals surface area contributed by atoms with E-state index in [1.807, 2.05) is 23.5 Å². The van der Waals surface area contributed by atoms with Gasteiger partial charge in [0, 0.05) is 11.5 Å². The fraction of sp³-hybridized carbons (Fsp3) is 0.833. The molecule has 10 heavy (non-hydrogen) atoms. The van der Waals surface area contributed by atoms with Crippen molar-refractivity contribution in [2.45, 2.75) is 11.0 Å². The van der Waals surface area contributed by atoms with E-state index in [-0.39, 0.29) is 4.08 Å². The number of hydrogen-bond acceptors (Lipinski definition) is 4. The molecule has 0 spiro atoms. The van der Waals surface area contributed by atoms with Crippen LogP contribution in [0.2, 0.25) is 0 Å². The van der Waals surface area contributed by atoms with Crippen LogP contribution in [0.15, 0.2) is 4.99 Å². The van der Waals surface area contributed by atoms with Gasteiger partial charge in [-0.2, -0.15) is 0 Å². The van der Waals surface area contributed by atoms with Gasteiger partial charge >= 0.3 is 0 Å². The molecule has 0 aromatic carbocycles. The molecular formula is C6H9NOS2. The molecule has 1 aliphatic rings. The molecule has 0 unspecified atom stereocenters. The van der Waals surface area contributed by atoms with Crippen molar-refractivity contribution in [1.29, 1.82) is 0 Å². The van der Waals surface area contributed by atoms with Gasteiger partial charge in [0.1, 0.15) is 0 Å². The quantitative estimate of drug-likeness (QED) is 0.471. The highest BCUT2D eigenvalue weighted by atomic mass is 32.2. The van der Waals surface area contributed by atoms with E-state index in [1.165, 1.54) is 11.5 Å². The van der Waals surface area contributed by atoms with Crippen LogP contribution in [0, 0.1) is 0 Å². The van der Waals surface area contributed by atoms with Gasteiger partial charge in [0.15, 0.2) is 0 Å². The molecule has 1 rings (SSSR count). The van der Waals surface area contributed by atoms with Crippen LogP contribution >= 0.6 is 23.5 Å². The van der Waals surface area contributed by atoms with Crippen LogP contribution in [0.1, 0.15) is 6.92 Å². The molecule has 2 nitrogen and oxygen atoms in total. The summed E-state index contributed by atoms with van der Waals surface area (Å²) in [5.41, 5.74) is 0. The third kappa shape index (κ3) is 2.04. The molecule has 4 heteroatoms. The van der Waals surface area contributed by atoms with Crippen molar-refractivity contribution in [1.82, 2.24) is 0 Å². The van der Waals surface area contributed by atoms with Crippen molar-refractivity contribution in [3.05, 3.63) is 0 Å². The monoisotopic (exact) mass is 175 g/mol. The van der Waals surface area contributed by atoms with Crippen molar-refractivity contribution in [3.8, 4) is 0 Å². The van der Waals surface area contributed by atoms with Gasteiger partial charge in [-0.05, 0) is 6.92 Å². The Balaban J connectivity index is 2.42. The summed E-state index contributed by atoms with van der Waals surface area (Å²) in [5, 5.41) is 0. The number of isocyanates is 1. The van der Waals surface area contributed by atoms with E-state index >= 15 is 0 Å². The highest BCUT2D eigenvalue weighted by Crippen LogP contribution is 2.43. The van der Waals surface area contributed by atoms with Gasteiger partial charge in [0.05, 0.1) is 10.6 Å². The summed E-state index contributed by atoms with van der Waals surface area (Å²) in [7, 11) is 0. The molecule has 0 amide bonds. The normalized spacial score (nSPS) is 22.1. The lowest BCUT2D eigenvalue weighted by atomic mass is 10.5. The summed E-state index contributed by atoms with van der Waals surface area (Å²) in [6, 6.07) is 0. The van der Waals surface area contributed by atoms with E-state index in [4.69, 9.17) is 0 Å². The molecule has 0 N–H and O–H groups in total. The Morgan fingerprint density at radius 1 is 1.60 bits per heavy atom. The zero-order chi connectivity index (χ0) is 7.45. The van der Waals surface area contributed by atoms with E-state index < -0.39 is 0 Å². The zero-order valence-corrected chi connectivity index (χ0v) is 7.43. The predicted octanol–water partition coefficient (Wildman–Crippen LogP) is 1.52. The van der Waals surface area contributed by atoms with Crippen LogP contribution in [-0.2, 0) is 4.79 Å². The SMILES string of the molecule is CC1(CN=C=O)SCCS1. The van der Waals surface area contributed by atoms with Gasteiger partial charge < -0.3 is 0 Å². The van der Waals surface area contributed by atoms with Crippen LogP contribution in [0.25, 0.3) is 0 Å². The molecule has 56 valence electrons. The average Bonchev–Trinajstić information content (AvgIpc) is 2.33. The second-order valence-corrected chi connectivity index (χ2v) is 5.69. The lowest BCUT2D eigenvalue weighted by molar-refractivity contribution is 0.562. The van der Waals surface area contributed by atoms with Gasteiger partial charge in [-0.3, -0.25) is 0 Å². The molecule has 0 atom stereocenters. The smallest absolute Gasteiger partial charge is 0.211 e. The largest absolute Gasteiger partial charge is 0.235 e. The van der Waals surface area contributed by atoms with Gasteiger partial charge in [0.2, 0.25) is 6.08 Å². The van der Waals surface area contributed by atoms with Crippen LogP contribution in [0.5, 0.6) is 0 Å². The summed E-state index contributed by atoms with van der Waals surface area (Å²) >= 11 is 3.75. The van der Waals surface area contributed by atoms with Crippen molar-refractivity contribution in [2.24, 2.45) is 4.99 Å². The van der Waals surface area contributed by atoms with Gasteiger partial charge in [-0.15, -0.1) is 23.5 Å². The average molecular weight is 175 g/mol. The Bertz CT molecular complexity index is 159. The summed E-state index contributed by atoms with van der Waals surface area (Å²) in [5.74, 6) is 2.35. The van der Waals surface area contributed by atoms with Gasteiger partial charge in [-0.1, -0.05) is 0 Å². The van der Waals surface area contributed by atoms with Gasteiger partial charge in [0.25, 0.3) is 0 Å². The summed E-state index contributed by atoms with van der Waals surface area (Å²) in [4.78, 5) is 13.4. The molecule has 1 aliphatic heterocycles. The van der Waals surface area contributed by atoms with Crippen LogP contribution in [-0.4, -0.2) is 28.2 Å². The fourth-order valence-corrected chi connectivity index (χ4v) is 3.50. The summed E-state index contributed by atoms with van der Waals surface area (Å²) in [6.45, 7) is 2.72. The lowest BCUT2D eigenvalue weighted by Gasteiger charge is -2.16. The van der Waals surface area contributed by atoms with Gasteiger partial charge in [-0.25, -0.2) is 9.79 Å². The summed E-state index contributed by atoms with van der Waals surface area (Å²) < 4.78 is 0.150. The molecule has 1 saturated heterocycles. The second kappa shape index (κ2) is 3.46. The van der Waals surface area contributed by atoms with Crippen molar-refractivity contribution in [2.75, 3.05) is 18.1 Å². The number of carbonyl (C=O) groups excluding carboxylic acids is 1. The maximum atomic E-state index is 9.79. The molecule has 0 aliphatic carbocycles. The first kappa shape index (κ1) is 8.18. The topological polar surface area (TPSA) is 29.4 Å². The highest BCUT2D eigenvalue weighted by Gasteiger charge is 2.29. The minimum absolute atomic E-state index is 0.150. The lowest BCUT2D eigenvalue weighted by Crippen LogP contribution is -2.15. The molecular weight excluding hydrogens is 166 g/mol. The van der Waals surface area contributed by atoms with E-state index in [0.717, 1.165) is 0 Å². The molecule has 0 saturated carbocycles. The fourth-order valence-electron chi connectivity index (χ4n) is 0.824. The first-order chi connectivity index (χ1) is 4.77. The Morgan fingerprint density at radius 3 is 2.70 bits per heavy atom. The molecule has 0 aromatic heterocycles. The van der Waals surface area contributed by atoms with Crippen molar-refractivity contribution < 1.29 is 4.79 Å². The van der Waals surface area contributed by atoms with Crippen LogP contribution in [0.4, 0.5) is 0 Å². The van der Waals surface area contributed by atoms with Crippen molar-refractivity contribution >= 4 is 29.6 Å². The van der Waals surface area contributed by atoms with E-state index in [0.29, 0.717) is 6.54 Å². The minimum atomic E-state index is 0.150. The third-order valence-electron chi connectivity index (χ3n) is 1.33. The number of hydrogen-bond donors (Lipinski definition) is 0. The number of nitrogens with zero attached hydrogens (tertiary/aromatic N) is 1. The maximum Gasteiger partial charge on any atom is 0.235 e. The molecule has 0 aromatic rings. The van der Waals surface area contributed by atoms with Crippen LogP contribution in [0.3, 0.4) is 0 Å². The molecule has 1 heterocycles. The Hall–Kier alpha value is 0.0800. The van der Waals surface area contributed by atoms with Crippen LogP contribution < -0.4 is 0 Å². The van der Waals surface area contributed by atoms with E-state index in [1.54, 1.807) is 6.08 Å². The molecule has 0 bridgehead atoms. The number of rotatable bonds is 2. The second-order valence-electron chi connectivity index (χ2n) is 2.24. The standard InChI is InChI=1S/C6H9NOS2/c1-6(4-7-5-8)9-2-3-10-6/h2-4H2,1H3. The third-order valence-corrected chi connectivity index (χ3v) is 4.59. The minimum Gasteiger partial charge on any atom is -0.211 e. The maximum absolute atomic E-state index is 9.79. The first-order valence-electron chi connectivity index (χ1n) is 3.08. The highest BCUT2D eigenvalue weighted by molar-refractivity contribution is 8.21. The van der Waals surface area contributed by atoms with E-state index in [2.05, 4.69) is 11.9 Å². The number of thioether (sulfide) groups is 2. The number of aliphatic imine (C=N–C) groups is 1. The molecule has 1 fully saturated rings. The Labute approximate surface area is 68.9 Å². The predicted molar refractivity (Wildman–Crippen MR) is 46.3 cm³/mol. The first-order valence-corrected chi connectivity index (χ1v) is 5.05. The van der Waals surface area contributed by atoms with Crippen molar-refractivity contribution in [3.63, 3.8) is 0 Å². The Kier molecular flexibility index (Phi) is 2.83. The molecule has 0 radical (unpaired) electrons. The zero-order valence-electron chi connectivity index (χ0n) is 5.79.